The van der Waals surface area contributed by atoms with Crippen LogP contribution >= 0.6 is 0 Å². The van der Waals surface area contributed by atoms with Crippen molar-refractivity contribution in [1.29, 1.82) is 0 Å². The van der Waals surface area contributed by atoms with Crippen LogP contribution in [-0.4, -0.2) is 13.2 Å². The van der Waals surface area contributed by atoms with Crippen molar-refractivity contribution >= 4 is 11.4 Å². The van der Waals surface area contributed by atoms with E-state index in [2.05, 4.69) is 34.9 Å². The van der Waals surface area contributed by atoms with Crippen molar-refractivity contribution < 1.29 is 4.74 Å². The first-order chi connectivity index (χ1) is 10.4. The number of hydrogen-bond donors (Lipinski definition) is 2. The minimum Gasteiger partial charge on any atom is -0.494 e. The molecule has 3 heteroatoms. The third-order valence-corrected chi connectivity index (χ3v) is 3.79. The summed E-state index contributed by atoms with van der Waals surface area (Å²) in [5, 5.41) is 7.02. The van der Waals surface area contributed by atoms with E-state index in [1.54, 1.807) is 0 Å². The van der Waals surface area contributed by atoms with E-state index in [1.807, 2.05) is 25.1 Å². The van der Waals surface area contributed by atoms with Crippen LogP contribution in [-0.2, 0) is 13.0 Å². The number of benzene rings is 2. The number of hydrogen-bond acceptors (Lipinski definition) is 3. The third-order valence-electron chi connectivity index (χ3n) is 3.79. The van der Waals surface area contributed by atoms with Crippen LogP contribution in [0.25, 0.3) is 0 Å². The Morgan fingerprint density at radius 2 is 2.10 bits per heavy atom. The third kappa shape index (κ3) is 3.30. The average Bonchev–Trinajstić information content (AvgIpc) is 2.53. The molecule has 0 bridgehead atoms. The first-order valence-electron chi connectivity index (χ1n) is 7.68. The van der Waals surface area contributed by atoms with Crippen LogP contribution < -0.4 is 15.4 Å². The predicted molar refractivity (Wildman–Crippen MR) is 88.2 cm³/mol. The van der Waals surface area contributed by atoms with E-state index in [1.165, 1.54) is 29.7 Å². The molecule has 2 aromatic rings. The lowest BCUT2D eigenvalue weighted by Crippen LogP contribution is -2.15. The molecule has 1 aliphatic heterocycles. The quantitative estimate of drug-likeness (QED) is 0.867. The lowest BCUT2D eigenvalue weighted by Gasteiger charge is -2.21. The Labute approximate surface area is 126 Å². The zero-order valence-corrected chi connectivity index (χ0v) is 12.5. The number of ether oxygens (including phenoxy) is 1. The number of rotatable bonds is 5. The van der Waals surface area contributed by atoms with Gasteiger partial charge in [0.1, 0.15) is 5.75 Å². The van der Waals surface area contributed by atoms with Crippen LogP contribution in [0.5, 0.6) is 5.75 Å². The van der Waals surface area contributed by atoms with Crippen molar-refractivity contribution in [3.05, 3.63) is 53.6 Å². The van der Waals surface area contributed by atoms with Crippen molar-refractivity contribution in [3.8, 4) is 5.75 Å². The smallest absolute Gasteiger partial charge is 0.121 e. The topological polar surface area (TPSA) is 33.3 Å². The molecule has 21 heavy (non-hydrogen) atoms. The normalized spacial score (nSPS) is 13.2. The molecule has 0 amide bonds. The molecule has 1 heterocycles. The second-order valence-electron chi connectivity index (χ2n) is 5.30. The number of aryl methyl sites for hydroxylation is 1. The highest BCUT2D eigenvalue weighted by Crippen LogP contribution is 2.27. The molecule has 0 unspecified atom stereocenters. The number of fused-ring (bicyclic) bond motifs is 1. The molecule has 0 radical (unpaired) electrons. The lowest BCUT2D eigenvalue weighted by molar-refractivity contribution is 0.340. The van der Waals surface area contributed by atoms with Gasteiger partial charge in [0, 0.05) is 30.5 Å². The molecule has 0 aromatic heterocycles. The Kier molecular flexibility index (Phi) is 4.29. The van der Waals surface area contributed by atoms with Gasteiger partial charge in [-0.1, -0.05) is 24.3 Å². The Morgan fingerprint density at radius 1 is 1.19 bits per heavy atom. The van der Waals surface area contributed by atoms with Crippen molar-refractivity contribution in [3.63, 3.8) is 0 Å². The summed E-state index contributed by atoms with van der Waals surface area (Å²) in [4.78, 5) is 0. The molecule has 2 N–H and O–H groups in total. The van der Waals surface area contributed by atoms with E-state index in [-0.39, 0.29) is 0 Å². The first-order valence-corrected chi connectivity index (χ1v) is 7.68. The number of nitrogens with one attached hydrogen (secondary N) is 2. The number of anilines is 2. The molecule has 3 nitrogen and oxygen atoms in total. The minimum atomic E-state index is 0.694. The van der Waals surface area contributed by atoms with Crippen LogP contribution in [0.2, 0.25) is 0 Å². The average molecular weight is 282 g/mol. The van der Waals surface area contributed by atoms with Crippen molar-refractivity contribution in [2.75, 3.05) is 23.8 Å². The fraction of sp³-hybridized carbons (Fsp3) is 0.333. The van der Waals surface area contributed by atoms with Gasteiger partial charge in [-0.25, -0.2) is 0 Å². The fourth-order valence-corrected chi connectivity index (χ4v) is 2.79. The van der Waals surface area contributed by atoms with Gasteiger partial charge < -0.3 is 15.4 Å². The van der Waals surface area contributed by atoms with E-state index in [0.29, 0.717) is 6.61 Å². The van der Waals surface area contributed by atoms with Crippen LogP contribution in [0.4, 0.5) is 11.4 Å². The first kappa shape index (κ1) is 13.8. The van der Waals surface area contributed by atoms with Crippen molar-refractivity contribution in [2.24, 2.45) is 0 Å². The maximum atomic E-state index is 5.54. The molecule has 1 aliphatic rings. The second-order valence-corrected chi connectivity index (χ2v) is 5.30. The van der Waals surface area contributed by atoms with Crippen LogP contribution in [0.1, 0.15) is 24.5 Å². The van der Waals surface area contributed by atoms with Gasteiger partial charge in [-0.3, -0.25) is 0 Å². The molecule has 0 aliphatic carbocycles. The van der Waals surface area contributed by atoms with E-state index in [4.69, 9.17) is 4.74 Å². The van der Waals surface area contributed by atoms with Gasteiger partial charge in [0.05, 0.1) is 6.61 Å². The Hall–Kier alpha value is -2.16. The largest absolute Gasteiger partial charge is 0.494 e. The molecule has 3 rings (SSSR count). The van der Waals surface area contributed by atoms with Gasteiger partial charge in [-0.15, -0.1) is 0 Å². The van der Waals surface area contributed by atoms with Gasteiger partial charge in [0.15, 0.2) is 0 Å². The van der Waals surface area contributed by atoms with Crippen LogP contribution in [0, 0.1) is 0 Å². The summed E-state index contributed by atoms with van der Waals surface area (Å²) >= 11 is 0. The van der Waals surface area contributed by atoms with Crippen LogP contribution in [0.3, 0.4) is 0 Å². The summed E-state index contributed by atoms with van der Waals surface area (Å²) in [6.07, 6.45) is 2.40. The summed E-state index contributed by atoms with van der Waals surface area (Å²) in [6.45, 7) is 4.59. The Balaban J connectivity index is 1.72. The summed E-state index contributed by atoms with van der Waals surface area (Å²) < 4.78 is 5.54. The molecule has 0 fully saturated rings. The van der Waals surface area contributed by atoms with Gasteiger partial charge >= 0.3 is 0 Å². The fourth-order valence-electron chi connectivity index (χ4n) is 2.79. The Morgan fingerprint density at radius 3 is 3.00 bits per heavy atom. The van der Waals surface area contributed by atoms with E-state index >= 15 is 0 Å². The predicted octanol–water partition coefficient (Wildman–Crippen LogP) is 4.06. The zero-order chi connectivity index (χ0) is 14.5. The van der Waals surface area contributed by atoms with Crippen LogP contribution in [0.15, 0.2) is 42.5 Å². The van der Waals surface area contributed by atoms with E-state index in [9.17, 15) is 0 Å². The van der Waals surface area contributed by atoms with Gasteiger partial charge in [-0.05, 0) is 43.0 Å². The van der Waals surface area contributed by atoms with Gasteiger partial charge in [-0.2, -0.15) is 0 Å². The zero-order valence-electron chi connectivity index (χ0n) is 12.5. The van der Waals surface area contributed by atoms with Gasteiger partial charge in [0.25, 0.3) is 0 Å². The molecular weight excluding hydrogens is 260 g/mol. The van der Waals surface area contributed by atoms with Gasteiger partial charge in [0.2, 0.25) is 0 Å². The van der Waals surface area contributed by atoms with Crippen molar-refractivity contribution in [2.45, 2.75) is 26.3 Å². The molecule has 2 aromatic carbocycles. The minimum absolute atomic E-state index is 0.694. The highest BCUT2D eigenvalue weighted by atomic mass is 16.5. The molecule has 110 valence electrons. The second kappa shape index (κ2) is 6.53. The summed E-state index contributed by atoms with van der Waals surface area (Å²) in [7, 11) is 0. The molecule has 0 atom stereocenters. The van der Waals surface area contributed by atoms with Crippen molar-refractivity contribution in [1.82, 2.24) is 0 Å². The van der Waals surface area contributed by atoms with E-state index < -0.39 is 0 Å². The standard InChI is InChI=1S/C18H22N2O/c1-2-21-17-10-4-9-16(12-17)20-13-15-7-3-6-14-8-5-11-19-18(14)15/h3-4,6-7,9-10,12,19-20H,2,5,8,11,13H2,1H3. The van der Waals surface area contributed by atoms with E-state index in [0.717, 1.165) is 24.5 Å². The maximum Gasteiger partial charge on any atom is 0.121 e. The molecule has 0 saturated heterocycles. The SMILES string of the molecule is CCOc1cccc(NCc2cccc3c2NCCC3)c1. The monoisotopic (exact) mass is 282 g/mol. The summed E-state index contributed by atoms with van der Waals surface area (Å²) in [6, 6.07) is 14.7. The highest BCUT2D eigenvalue weighted by molar-refractivity contribution is 5.60. The number of para-hydroxylation sites is 1. The lowest BCUT2D eigenvalue weighted by atomic mass is 9.99. The molecule has 0 spiro atoms. The Bertz CT molecular complexity index is 610. The molecule has 0 saturated carbocycles. The highest BCUT2D eigenvalue weighted by Gasteiger charge is 2.11. The molecular formula is C18H22N2O. The summed E-state index contributed by atoms with van der Waals surface area (Å²) in [5.41, 5.74) is 5.17. The maximum absolute atomic E-state index is 5.54. The summed E-state index contributed by atoms with van der Waals surface area (Å²) in [5.74, 6) is 0.913.